The number of rotatable bonds is 20. The molecule has 0 aromatic heterocycles. The summed E-state index contributed by atoms with van der Waals surface area (Å²) < 4.78 is 82.5. The predicted molar refractivity (Wildman–Crippen MR) is 283 cm³/mol. The molecule has 0 amide bonds. The van der Waals surface area contributed by atoms with Crippen LogP contribution in [0.1, 0.15) is 5.56 Å². The Morgan fingerprint density at radius 2 is 0.729 bits per heavy atom. The van der Waals surface area contributed by atoms with Crippen LogP contribution in [0.4, 0.5) is 0 Å². The first-order valence-corrected chi connectivity index (χ1v) is 62.3. The average Bonchev–Trinajstić information content (AvgIpc) is 2.86. The molecule has 1 aliphatic heterocycles. The van der Waals surface area contributed by atoms with Gasteiger partial charge in [-0.1, -0.05) is 36.9 Å². The van der Waals surface area contributed by atoms with Crippen molar-refractivity contribution >= 4 is 117 Å². The normalized spacial score (nSPS) is 22.0. The third-order valence-corrected chi connectivity index (χ3v) is 74.6. The van der Waals surface area contributed by atoms with Crippen molar-refractivity contribution in [2.75, 3.05) is 0 Å². The van der Waals surface area contributed by atoms with Gasteiger partial charge in [0.05, 0.1) is 0 Å². The van der Waals surface area contributed by atoms with E-state index in [9.17, 15) is 0 Å². The Labute approximate surface area is 375 Å². The quantitative estimate of drug-likeness (QED) is 0.0929. The van der Waals surface area contributed by atoms with Crippen molar-refractivity contribution in [3.63, 3.8) is 0 Å². The summed E-state index contributed by atoms with van der Waals surface area (Å²) in [6.45, 7) is 64.9. The maximum atomic E-state index is 8.50. The van der Waals surface area contributed by atoms with Crippen LogP contribution in [-0.4, -0.2) is 112 Å². The molecule has 0 saturated carbocycles. The molecule has 0 aliphatic carbocycles. The zero-order chi connectivity index (χ0) is 46.8. The van der Waals surface area contributed by atoms with Crippen molar-refractivity contribution in [3.05, 3.63) is 36.4 Å². The first-order chi connectivity index (χ1) is 25.6. The molecule has 1 fully saturated rings. The molecule has 1 unspecified atom stereocenters. The van der Waals surface area contributed by atoms with Gasteiger partial charge in [-0.2, -0.15) is 0 Å². The third kappa shape index (κ3) is 14.4. The zero-order valence-electron chi connectivity index (χ0n) is 42.7. The summed E-state index contributed by atoms with van der Waals surface area (Å²) in [5, 5.41) is 0.927. The summed E-state index contributed by atoms with van der Waals surface area (Å²) in [6.07, 6.45) is 1.94. The fourth-order valence-electron chi connectivity index (χ4n) is 7.25. The van der Waals surface area contributed by atoms with E-state index in [1.807, 2.05) is 6.08 Å². The molecule has 0 bridgehead atoms. The highest BCUT2D eigenvalue weighted by molar-refractivity contribution is 7.80. The first-order valence-electron chi connectivity index (χ1n) is 21.4. The molecule has 1 aromatic rings. The van der Waals surface area contributed by atoms with Gasteiger partial charge in [-0.25, -0.2) is 0 Å². The lowest BCUT2D eigenvalue weighted by molar-refractivity contribution is -0.229. The summed E-state index contributed by atoms with van der Waals surface area (Å²) in [4.78, 5) is 0. The molecule has 0 spiro atoms. The molecule has 1 heterocycles. The lowest BCUT2D eigenvalue weighted by Crippen LogP contribution is -3.07. The molecule has 0 N–H and O–H groups in total. The van der Waals surface area contributed by atoms with E-state index in [0.29, 0.717) is 0 Å². The Morgan fingerprint density at radius 3 is 1.02 bits per heavy atom. The van der Waals surface area contributed by atoms with E-state index in [4.69, 9.17) is 42.1 Å². The number of hydrogen-bond donors (Lipinski definition) is 0. The SMILES string of the molecule is C=Cc1ccccc1[Si]1(O[Si](C)(C)C)C(O[Si](C)(C)C)(O[Si](C)(C)C)O[Si](O[Si](C)(C)C)(O[Si](C)(C)C)[Si](O[Si](C)(C)C)(O[Si](C)(C)C)[Si]1(O[Si](C)(C)C)O[Si](C)(C)C. The highest BCUT2D eigenvalue weighted by Gasteiger charge is 3.00. The highest BCUT2D eigenvalue weighted by atomic mass is 29.9. The van der Waals surface area contributed by atoms with Crippen LogP contribution >= 0.6 is 0 Å². The van der Waals surface area contributed by atoms with Gasteiger partial charge in [0.2, 0.25) is 0 Å². The molecule has 23 heteroatoms. The fraction of sp³-hybridized carbons (Fsp3) is 0.778. The molecule has 1 saturated heterocycles. The monoisotopic (exact) mass is 1040 g/mol. The summed E-state index contributed by atoms with van der Waals surface area (Å²) in [5.74, 6) is 0. The van der Waals surface area contributed by atoms with Crippen LogP contribution in [0.5, 0.6) is 0 Å². The fourth-order valence-corrected chi connectivity index (χ4v) is 130. The zero-order valence-corrected chi connectivity index (χ0v) is 55.7. The molecule has 2 rings (SSSR count). The summed E-state index contributed by atoms with van der Waals surface area (Å²) in [6, 6.07) is 8.48. The van der Waals surface area contributed by atoms with Gasteiger partial charge in [-0.05, 0) is 188 Å². The summed E-state index contributed by atoms with van der Waals surface area (Å²) >= 11 is 0. The average molecular weight is 1050 g/mol. The van der Waals surface area contributed by atoms with Crippen molar-refractivity contribution in [1.82, 2.24) is 0 Å². The molecule has 0 radical (unpaired) electrons. The molecule has 10 nitrogen and oxygen atoms in total. The topological polar surface area (TPSA) is 92.3 Å². The molecule has 1 aromatic carbocycles. The highest BCUT2D eigenvalue weighted by Crippen LogP contribution is 2.58. The Bertz CT molecular complexity index is 1540. The molecule has 59 heavy (non-hydrogen) atoms. The second kappa shape index (κ2) is 17.9. The largest absolute Gasteiger partial charge is 0.522 e. The Kier molecular flexibility index (Phi) is 17.1. The van der Waals surface area contributed by atoms with E-state index in [1.54, 1.807) is 0 Å². The van der Waals surface area contributed by atoms with Gasteiger partial charge >= 0.3 is 31.3 Å². The van der Waals surface area contributed by atoms with E-state index < -0.39 is 112 Å². The van der Waals surface area contributed by atoms with Crippen LogP contribution in [0.15, 0.2) is 30.8 Å². The minimum absolute atomic E-state index is 0.911. The van der Waals surface area contributed by atoms with Gasteiger partial charge in [-0.3, -0.25) is 0 Å². The van der Waals surface area contributed by atoms with Crippen molar-refractivity contribution < 1.29 is 42.1 Å². The second-order valence-electron chi connectivity index (χ2n) is 24.9. The molecule has 344 valence electrons. The lowest BCUT2D eigenvalue weighted by Gasteiger charge is -2.70. The van der Waals surface area contributed by atoms with Crippen LogP contribution in [0.2, 0.25) is 177 Å². The first kappa shape index (κ1) is 56.5. The number of benzene rings is 1. The Hall–Kier alpha value is 1.38. The van der Waals surface area contributed by atoms with Gasteiger partial charge in [0, 0.05) is 0 Å². The van der Waals surface area contributed by atoms with E-state index in [-0.39, 0.29) is 0 Å². The Morgan fingerprint density at radius 1 is 0.424 bits per heavy atom. The smallest absolute Gasteiger partial charge is 0.446 e. The van der Waals surface area contributed by atoms with E-state index in [1.165, 1.54) is 0 Å². The van der Waals surface area contributed by atoms with Crippen LogP contribution in [-0.2, 0) is 42.1 Å². The standard InChI is InChI=1S/C36H88O10Si13/c1-29-34-32-30-31-33-35(34)56(40-49(8,9)10)36(37-47(2,3)4,38-48(5,6)7)39-57(41-50(11,12)13,42-51(14,15)16)59(45-54(23,24)25,46-55(26,27)28)58(56,43-52(17,18)19)44-53(20,21)22/h29-33H,1H2,2-28H3. The molecular weight excluding hydrogens is 958 g/mol. The van der Waals surface area contributed by atoms with Crippen molar-refractivity contribution in [2.24, 2.45) is 0 Å². The second-order valence-corrected chi connectivity index (χ2v) is 90.1. The third-order valence-electron chi connectivity index (χ3n) is 7.58. The minimum Gasteiger partial charge on any atom is -0.446 e. The van der Waals surface area contributed by atoms with E-state index in [2.05, 4.69) is 208 Å². The predicted octanol–water partition coefficient (Wildman–Crippen LogP) is 11.4. The Balaban J connectivity index is 4.17. The summed E-state index contributed by atoms with van der Waals surface area (Å²) in [7, 11) is -42.1. The van der Waals surface area contributed by atoms with Crippen LogP contribution in [0, 0.1) is 0 Å². The van der Waals surface area contributed by atoms with Crippen LogP contribution < -0.4 is 5.19 Å². The van der Waals surface area contributed by atoms with Gasteiger partial charge in [0.15, 0.2) is 74.9 Å². The number of hydrogen-bond acceptors (Lipinski definition) is 10. The van der Waals surface area contributed by atoms with Crippen molar-refractivity contribution in [2.45, 2.75) is 182 Å². The minimum atomic E-state index is -4.48. The lowest BCUT2D eigenvalue weighted by atomic mass is 10.2. The van der Waals surface area contributed by atoms with Gasteiger partial charge in [-0.15, -0.1) is 0 Å². The van der Waals surface area contributed by atoms with E-state index in [0.717, 1.165) is 10.8 Å². The van der Waals surface area contributed by atoms with Crippen LogP contribution in [0.25, 0.3) is 6.08 Å². The molecular formula is C36H88O10Si13. The maximum Gasteiger partial charge on any atom is 0.522 e. The molecule has 1 aliphatic rings. The molecule has 1 atom stereocenters. The van der Waals surface area contributed by atoms with Crippen molar-refractivity contribution in [1.29, 1.82) is 0 Å². The van der Waals surface area contributed by atoms with Gasteiger partial charge in [0.25, 0.3) is 5.60 Å². The van der Waals surface area contributed by atoms with Crippen molar-refractivity contribution in [3.8, 4) is 0 Å². The summed E-state index contributed by atoms with van der Waals surface area (Å²) in [5.41, 5.74) is -0.935. The maximum absolute atomic E-state index is 8.50. The van der Waals surface area contributed by atoms with Gasteiger partial charge in [0.1, 0.15) is 0 Å². The van der Waals surface area contributed by atoms with E-state index >= 15 is 0 Å². The van der Waals surface area contributed by atoms with Crippen LogP contribution in [0.3, 0.4) is 0 Å². The van der Waals surface area contributed by atoms with Gasteiger partial charge < -0.3 is 42.1 Å².